The zero-order chi connectivity index (χ0) is 12.8. The van der Waals surface area contributed by atoms with Crippen LogP contribution >= 0.6 is 24.8 Å². The van der Waals surface area contributed by atoms with E-state index in [4.69, 9.17) is 0 Å². The Bertz CT molecular complexity index is 808. The van der Waals surface area contributed by atoms with Gasteiger partial charge in [0, 0.05) is 29.9 Å². The van der Waals surface area contributed by atoms with E-state index in [1.165, 1.54) is 27.5 Å². The van der Waals surface area contributed by atoms with Crippen molar-refractivity contribution >= 4 is 58.6 Å². The average molecular weight is 322 g/mol. The van der Waals surface area contributed by atoms with Gasteiger partial charge in [-0.15, -0.1) is 24.8 Å². The van der Waals surface area contributed by atoms with Gasteiger partial charge in [-0.25, -0.2) is 0 Å². The molecule has 0 fully saturated rings. The van der Waals surface area contributed by atoms with Gasteiger partial charge in [-0.3, -0.25) is 4.99 Å². The van der Waals surface area contributed by atoms with E-state index in [0.29, 0.717) is 0 Å². The highest BCUT2D eigenvalue weighted by Crippen LogP contribution is 2.34. The molecule has 0 unspecified atom stereocenters. The number of fused-ring (bicyclic) bond motifs is 3. The molecule has 1 aromatic heterocycles. The Kier molecular flexibility index (Phi) is 4.45. The summed E-state index contributed by atoms with van der Waals surface area (Å²) in [5, 5.41) is 2.63. The van der Waals surface area contributed by atoms with Crippen LogP contribution in [0, 0.1) is 0 Å². The number of aromatic nitrogens is 1. The standard InChI is InChI=1S/C16H15N3.2ClH/c1-18-14-7-3-2-5-12(14)13-6-4-8-15(16(13)18)19-10-9-17-11-19;;/h2-8,11H,9-10H2,1H3;2*1H. The topological polar surface area (TPSA) is 20.5 Å². The van der Waals surface area contributed by atoms with Crippen LogP contribution in [-0.4, -0.2) is 24.0 Å². The van der Waals surface area contributed by atoms with Gasteiger partial charge in [-0.2, -0.15) is 0 Å². The Morgan fingerprint density at radius 2 is 1.71 bits per heavy atom. The van der Waals surface area contributed by atoms with Crippen LogP contribution in [0.5, 0.6) is 0 Å². The molecular weight excluding hydrogens is 305 g/mol. The van der Waals surface area contributed by atoms with E-state index in [0.717, 1.165) is 13.1 Å². The van der Waals surface area contributed by atoms with Gasteiger partial charge in [0.2, 0.25) is 0 Å². The van der Waals surface area contributed by atoms with Crippen molar-refractivity contribution in [1.82, 2.24) is 4.57 Å². The molecule has 21 heavy (non-hydrogen) atoms. The zero-order valence-corrected chi connectivity index (χ0v) is 13.3. The largest absolute Gasteiger partial charge is 0.342 e. The van der Waals surface area contributed by atoms with Crippen LogP contribution < -0.4 is 4.90 Å². The van der Waals surface area contributed by atoms with E-state index in [-0.39, 0.29) is 24.8 Å². The summed E-state index contributed by atoms with van der Waals surface area (Å²) in [6.45, 7) is 1.86. The minimum absolute atomic E-state index is 0. The number of aryl methyl sites for hydroxylation is 1. The van der Waals surface area contributed by atoms with Crippen LogP contribution in [0.1, 0.15) is 0 Å². The maximum Gasteiger partial charge on any atom is 0.0896 e. The Morgan fingerprint density at radius 1 is 0.952 bits per heavy atom. The summed E-state index contributed by atoms with van der Waals surface area (Å²) in [4.78, 5) is 6.56. The molecule has 3 aromatic rings. The summed E-state index contributed by atoms with van der Waals surface area (Å²) < 4.78 is 2.28. The predicted octanol–water partition coefficient (Wildman–Crippen LogP) is 4.02. The first-order valence-corrected chi connectivity index (χ1v) is 6.59. The van der Waals surface area contributed by atoms with Crippen molar-refractivity contribution in [3.05, 3.63) is 42.5 Å². The number of hydrogen-bond acceptors (Lipinski definition) is 2. The number of aliphatic imine (C=N–C) groups is 1. The van der Waals surface area contributed by atoms with Crippen molar-refractivity contribution in [1.29, 1.82) is 0 Å². The number of halogens is 2. The Labute approximate surface area is 136 Å². The Morgan fingerprint density at radius 3 is 2.48 bits per heavy atom. The molecule has 4 rings (SSSR count). The number of hydrogen-bond donors (Lipinski definition) is 0. The van der Waals surface area contributed by atoms with Crippen LogP contribution in [-0.2, 0) is 7.05 Å². The highest BCUT2D eigenvalue weighted by atomic mass is 35.5. The summed E-state index contributed by atoms with van der Waals surface area (Å²) in [6, 6.07) is 15.1. The van der Waals surface area contributed by atoms with Crippen molar-refractivity contribution in [2.45, 2.75) is 0 Å². The summed E-state index contributed by atoms with van der Waals surface area (Å²) in [5.74, 6) is 0. The molecule has 0 N–H and O–H groups in total. The van der Waals surface area contributed by atoms with Crippen LogP contribution in [0.2, 0.25) is 0 Å². The molecule has 0 saturated carbocycles. The van der Waals surface area contributed by atoms with Crippen LogP contribution in [0.3, 0.4) is 0 Å². The Hall–Kier alpha value is -1.71. The SMILES string of the molecule is Cl.Cl.Cn1c2ccccc2c2cccc(N3C=NCC3)c21. The van der Waals surface area contributed by atoms with Crippen molar-refractivity contribution in [2.75, 3.05) is 18.0 Å². The first-order valence-electron chi connectivity index (χ1n) is 6.59. The molecular formula is C16H17Cl2N3. The zero-order valence-electron chi connectivity index (χ0n) is 11.7. The van der Waals surface area contributed by atoms with Gasteiger partial charge in [0.1, 0.15) is 0 Å². The monoisotopic (exact) mass is 321 g/mol. The van der Waals surface area contributed by atoms with E-state index >= 15 is 0 Å². The second-order valence-electron chi connectivity index (χ2n) is 4.96. The molecule has 2 aromatic carbocycles. The average Bonchev–Trinajstić information content (AvgIpc) is 3.08. The normalized spacial score (nSPS) is 13.5. The first kappa shape index (κ1) is 15.7. The summed E-state index contributed by atoms with van der Waals surface area (Å²) in [7, 11) is 2.14. The molecule has 3 nitrogen and oxygen atoms in total. The fraction of sp³-hybridized carbons (Fsp3) is 0.188. The van der Waals surface area contributed by atoms with Crippen molar-refractivity contribution in [2.24, 2.45) is 12.0 Å². The highest BCUT2D eigenvalue weighted by molar-refractivity contribution is 6.13. The van der Waals surface area contributed by atoms with E-state index in [2.05, 4.69) is 64.0 Å². The molecule has 0 amide bonds. The molecule has 1 aliphatic heterocycles. The second-order valence-corrected chi connectivity index (χ2v) is 4.96. The summed E-state index contributed by atoms with van der Waals surface area (Å²) in [5.41, 5.74) is 3.82. The minimum atomic E-state index is 0. The van der Waals surface area contributed by atoms with Crippen LogP contribution in [0.15, 0.2) is 47.5 Å². The first-order chi connectivity index (χ1) is 9.36. The molecule has 0 radical (unpaired) electrons. The third kappa shape index (κ3) is 2.27. The number of benzene rings is 2. The van der Waals surface area contributed by atoms with Gasteiger partial charge in [0.05, 0.1) is 24.1 Å². The van der Waals surface area contributed by atoms with E-state index in [1.54, 1.807) is 0 Å². The third-order valence-electron chi connectivity index (χ3n) is 3.91. The molecule has 0 atom stereocenters. The molecule has 2 heterocycles. The van der Waals surface area contributed by atoms with Crippen LogP contribution in [0.4, 0.5) is 5.69 Å². The number of anilines is 1. The maximum absolute atomic E-state index is 4.32. The van der Waals surface area contributed by atoms with E-state index in [9.17, 15) is 0 Å². The number of nitrogens with zero attached hydrogens (tertiary/aromatic N) is 3. The predicted molar refractivity (Wildman–Crippen MR) is 95.6 cm³/mol. The molecule has 0 bridgehead atoms. The lowest BCUT2D eigenvalue weighted by molar-refractivity contribution is 0.992. The molecule has 0 saturated heterocycles. The fourth-order valence-corrected chi connectivity index (χ4v) is 3.01. The number of para-hydroxylation sites is 2. The Balaban J connectivity index is 0.000000807. The lowest BCUT2D eigenvalue weighted by Crippen LogP contribution is -2.18. The van der Waals surface area contributed by atoms with Gasteiger partial charge in [-0.1, -0.05) is 30.3 Å². The molecule has 110 valence electrons. The summed E-state index contributed by atoms with van der Waals surface area (Å²) >= 11 is 0. The van der Waals surface area contributed by atoms with Crippen molar-refractivity contribution < 1.29 is 0 Å². The lowest BCUT2D eigenvalue weighted by atomic mass is 10.1. The highest BCUT2D eigenvalue weighted by Gasteiger charge is 2.16. The van der Waals surface area contributed by atoms with Gasteiger partial charge in [-0.05, 0) is 12.1 Å². The lowest BCUT2D eigenvalue weighted by Gasteiger charge is -2.16. The minimum Gasteiger partial charge on any atom is -0.342 e. The van der Waals surface area contributed by atoms with Gasteiger partial charge in [0.15, 0.2) is 0 Å². The quantitative estimate of drug-likeness (QED) is 0.663. The molecule has 0 aliphatic carbocycles. The fourth-order valence-electron chi connectivity index (χ4n) is 3.01. The molecule has 0 spiro atoms. The van der Waals surface area contributed by atoms with Gasteiger partial charge >= 0.3 is 0 Å². The van der Waals surface area contributed by atoms with Crippen molar-refractivity contribution in [3.8, 4) is 0 Å². The summed E-state index contributed by atoms with van der Waals surface area (Å²) in [6.07, 6.45) is 1.95. The van der Waals surface area contributed by atoms with Gasteiger partial charge < -0.3 is 9.47 Å². The number of rotatable bonds is 1. The molecule has 5 heteroatoms. The van der Waals surface area contributed by atoms with E-state index < -0.39 is 0 Å². The van der Waals surface area contributed by atoms with Crippen molar-refractivity contribution in [3.63, 3.8) is 0 Å². The van der Waals surface area contributed by atoms with E-state index in [1.807, 2.05) is 6.34 Å². The molecule has 1 aliphatic rings. The van der Waals surface area contributed by atoms with Crippen LogP contribution in [0.25, 0.3) is 21.8 Å². The van der Waals surface area contributed by atoms with Gasteiger partial charge in [0.25, 0.3) is 0 Å². The third-order valence-corrected chi connectivity index (χ3v) is 3.91. The second kappa shape index (κ2) is 5.96. The maximum atomic E-state index is 4.32. The smallest absolute Gasteiger partial charge is 0.0896 e.